The third kappa shape index (κ3) is 5.94. The van der Waals surface area contributed by atoms with Crippen molar-refractivity contribution in [3.63, 3.8) is 0 Å². The van der Waals surface area contributed by atoms with Gasteiger partial charge in [0.2, 0.25) is 5.91 Å². The predicted octanol–water partition coefficient (Wildman–Crippen LogP) is 3.66. The molecule has 1 amide bonds. The van der Waals surface area contributed by atoms with Crippen molar-refractivity contribution in [2.24, 2.45) is 4.99 Å². The summed E-state index contributed by atoms with van der Waals surface area (Å²) in [5.41, 5.74) is 3.77. The summed E-state index contributed by atoms with van der Waals surface area (Å²) in [6, 6.07) is 16.5. The van der Waals surface area contributed by atoms with Gasteiger partial charge >= 0.3 is 0 Å². The highest BCUT2D eigenvalue weighted by atomic mass is 127. The smallest absolute Gasteiger partial charge is 0.242 e. The Labute approximate surface area is 192 Å². The molecule has 1 aliphatic heterocycles. The molecule has 3 rings (SSSR count). The second-order valence-electron chi connectivity index (χ2n) is 6.72. The number of aliphatic imine (C=N–C) groups is 1. The number of guanidine groups is 1. The normalized spacial score (nSPS) is 13.4. The van der Waals surface area contributed by atoms with E-state index in [1.54, 1.807) is 7.05 Å². The Morgan fingerprint density at radius 3 is 2.54 bits per heavy atom. The van der Waals surface area contributed by atoms with E-state index in [-0.39, 0.29) is 36.4 Å². The summed E-state index contributed by atoms with van der Waals surface area (Å²) in [4.78, 5) is 20.9. The number of carbonyl (C=O) groups excluding carboxylic acids is 1. The Kier molecular flexibility index (Phi) is 8.75. The zero-order chi connectivity index (χ0) is 19.2. The Bertz CT molecular complexity index is 825. The Balaban J connectivity index is 0.00000280. The predicted molar refractivity (Wildman–Crippen MR) is 128 cm³/mol. The molecule has 0 fully saturated rings. The first kappa shape index (κ1) is 22.7. The van der Waals surface area contributed by atoms with Crippen LogP contribution in [0, 0.1) is 0 Å². The topological polar surface area (TPSA) is 47.9 Å². The van der Waals surface area contributed by atoms with Gasteiger partial charge in [-0.3, -0.25) is 9.79 Å². The van der Waals surface area contributed by atoms with E-state index < -0.39 is 0 Å². The van der Waals surface area contributed by atoms with Crippen molar-refractivity contribution in [1.29, 1.82) is 0 Å². The summed E-state index contributed by atoms with van der Waals surface area (Å²) in [6.07, 6.45) is 0.917. The molecule has 7 heteroatoms. The number of rotatable bonds is 4. The second-order valence-corrected chi connectivity index (χ2v) is 7.63. The number of amides is 1. The molecule has 0 saturated heterocycles. The van der Waals surface area contributed by atoms with Gasteiger partial charge < -0.3 is 15.1 Å². The number of benzene rings is 2. The van der Waals surface area contributed by atoms with E-state index in [9.17, 15) is 4.79 Å². The van der Waals surface area contributed by atoms with Crippen molar-refractivity contribution in [1.82, 2.24) is 15.1 Å². The second kappa shape index (κ2) is 10.8. The maximum Gasteiger partial charge on any atom is 0.242 e. The molecule has 0 radical (unpaired) electrons. The van der Waals surface area contributed by atoms with Gasteiger partial charge in [-0.15, -0.1) is 24.0 Å². The summed E-state index contributed by atoms with van der Waals surface area (Å²) in [5, 5.41) is 3.20. The molecule has 150 valence electrons. The number of hydrogen-bond acceptors (Lipinski definition) is 2. The number of hydrogen-bond donors (Lipinski definition) is 1. The van der Waals surface area contributed by atoms with Crippen LogP contribution in [0.4, 0.5) is 0 Å². The molecule has 0 aromatic heterocycles. The van der Waals surface area contributed by atoms with Gasteiger partial charge in [-0.2, -0.15) is 0 Å². The van der Waals surface area contributed by atoms with Gasteiger partial charge in [0, 0.05) is 38.2 Å². The highest BCUT2D eigenvalue weighted by Gasteiger charge is 2.20. The molecule has 1 aliphatic rings. The lowest BCUT2D eigenvalue weighted by Crippen LogP contribution is -2.46. The molecule has 0 aliphatic carbocycles. The van der Waals surface area contributed by atoms with Crippen LogP contribution in [0.3, 0.4) is 0 Å². The van der Waals surface area contributed by atoms with Crippen LogP contribution in [0.2, 0.25) is 0 Å². The van der Waals surface area contributed by atoms with E-state index in [0.717, 1.165) is 24.0 Å². The Morgan fingerprint density at radius 2 is 1.86 bits per heavy atom. The monoisotopic (exact) mass is 556 g/mol. The summed E-state index contributed by atoms with van der Waals surface area (Å²) >= 11 is 3.45. The molecule has 1 heterocycles. The van der Waals surface area contributed by atoms with E-state index in [1.807, 2.05) is 35.0 Å². The van der Waals surface area contributed by atoms with Crippen molar-refractivity contribution in [3.05, 3.63) is 69.7 Å². The van der Waals surface area contributed by atoms with E-state index in [2.05, 4.69) is 56.6 Å². The first-order valence-corrected chi connectivity index (χ1v) is 9.87. The van der Waals surface area contributed by atoms with Crippen LogP contribution in [0.25, 0.3) is 0 Å². The molecule has 2 aromatic carbocycles. The van der Waals surface area contributed by atoms with Crippen molar-refractivity contribution in [3.8, 4) is 0 Å². The fourth-order valence-corrected chi connectivity index (χ4v) is 3.56. The first-order chi connectivity index (χ1) is 13.1. The SMILES string of the molecule is CN=C(NCC(=O)N1CCc2ccccc2C1)N(C)Cc1ccc(Br)cc1.I. The molecule has 0 unspecified atom stereocenters. The fourth-order valence-electron chi connectivity index (χ4n) is 3.30. The Hall–Kier alpha value is -1.61. The van der Waals surface area contributed by atoms with Gasteiger partial charge in [-0.05, 0) is 35.2 Å². The van der Waals surface area contributed by atoms with Crippen molar-refractivity contribution >= 4 is 51.8 Å². The van der Waals surface area contributed by atoms with Gasteiger partial charge in [0.25, 0.3) is 0 Å². The quantitative estimate of drug-likeness (QED) is 0.355. The molecule has 0 saturated carbocycles. The standard InChI is InChI=1S/C21H25BrN4O.HI/c1-23-21(25(2)14-16-7-9-19(22)10-8-16)24-13-20(27)26-12-11-17-5-3-4-6-18(17)15-26;/h3-10H,11-15H2,1-2H3,(H,23,24);1H. The van der Waals surface area contributed by atoms with Crippen molar-refractivity contribution in [2.45, 2.75) is 19.5 Å². The maximum absolute atomic E-state index is 12.6. The molecular weight excluding hydrogens is 531 g/mol. The number of nitrogens with zero attached hydrogens (tertiary/aromatic N) is 3. The minimum atomic E-state index is 0. The van der Waals surface area contributed by atoms with Gasteiger partial charge in [0.15, 0.2) is 5.96 Å². The summed E-state index contributed by atoms with van der Waals surface area (Å²) < 4.78 is 1.06. The molecule has 1 N–H and O–H groups in total. The lowest BCUT2D eigenvalue weighted by atomic mass is 10.00. The van der Waals surface area contributed by atoms with Crippen LogP contribution in [-0.4, -0.2) is 48.9 Å². The van der Waals surface area contributed by atoms with Crippen LogP contribution in [0.5, 0.6) is 0 Å². The highest BCUT2D eigenvalue weighted by Crippen LogP contribution is 2.18. The summed E-state index contributed by atoms with van der Waals surface area (Å²) in [7, 11) is 3.71. The Morgan fingerprint density at radius 1 is 1.18 bits per heavy atom. The summed E-state index contributed by atoms with van der Waals surface area (Å²) in [6.45, 7) is 2.42. The lowest BCUT2D eigenvalue weighted by molar-refractivity contribution is -0.130. The molecule has 5 nitrogen and oxygen atoms in total. The van der Waals surface area contributed by atoms with Crippen LogP contribution < -0.4 is 5.32 Å². The van der Waals surface area contributed by atoms with Gasteiger partial charge in [0.05, 0.1) is 6.54 Å². The first-order valence-electron chi connectivity index (χ1n) is 9.07. The van der Waals surface area contributed by atoms with Crippen LogP contribution >= 0.6 is 39.9 Å². The molecule has 0 spiro atoms. The zero-order valence-corrected chi connectivity index (χ0v) is 20.1. The van der Waals surface area contributed by atoms with Gasteiger partial charge in [0.1, 0.15) is 0 Å². The van der Waals surface area contributed by atoms with E-state index >= 15 is 0 Å². The van der Waals surface area contributed by atoms with E-state index in [1.165, 1.54) is 16.7 Å². The highest BCUT2D eigenvalue weighted by molar-refractivity contribution is 14.0. The van der Waals surface area contributed by atoms with Crippen molar-refractivity contribution in [2.75, 3.05) is 27.2 Å². The number of nitrogens with one attached hydrogen (secondary N) is 1. The fraction of sp³-hybridized carbons (Fsp3) is 0.333. The molecule has 0 bridgehead atoms. The lowest BCUT2D eigenvalue weighted by Gasteiger charge is -2.29. The largest absolute Gasteiger partial charge is 0.347 e. The molecule has 2 aromatic rings. The third-order valence-electron chi connectivity index (χ3n) is 4.79. The van der Waals surface area contributed by atoms with Gasteiger partial charge in [-0.25, -0.2) is 0 Å². The van der Waals surface area contributed by atoms with Crippen LogP contribution in [0.15, 0.2) is 58.0 Å². The summed E-state index contributed by atoms with van der Waals surface area (Å²) in [5.74, 6) is 0.811. The number of halogens is 2. The average molecular weight is 557 g/mol. The average Bonchev–Trinajstić information content (AvgIpc) is 2.69. The maximum atomic E-state index is 12.6. The van der Waals surface area contributed by atoms with E-state index in [0.29, 0.717) is 12.5 Å². The van der Waals surface area contributed by atoms with Crippen molar-refractivity contribution < 1.29 is 4.79 Å². The minimum Gasteiger partial charge on any atom is -0.347 e. The number of fused-ring (bicyclic) bond motifs is 1. The van der Waals surface area contributed by atoms with Crippen LogP contribution in [-0.2, 0) is 24.3 Å². The van der Waals surface area contributed by atoms with Crippen LogP contribution in [0.1, 0.15) is 16.7 Å². The third-order valence-corrected chi connectivity index (χ3v) is 5.32. The van der Waals surface area contributed by atoms with Gasteiger partial charge in [-0.1, -0.05) is 52.3 Å². The van der Waals surface area contributed by atoms with E-state index in [4.69, 9.17) is 0 Å². The molecule has 28 heavy (non-hydrogen) atoms. The molecule has 0 atom stereocenters. The number of carbonyl (C=O) groups is 1. The molecular formula is C21H26BrIN4O. The minimum absolute atomic E-state index is 0. The zero-order valence-electron chi connectivity index (χ0n) is 16.2.